The quantitative estimate of drug-likeness (QED) is 0.674. The summed E-state index contributed by atoms with van der Waals surface area (Å²) >= 11 is 0. The van der Waals surface area contributed by atoms with Gasteiger partial charge in [0.05, 0.1) is 6.61 Å². The summed E-state index contributed by atoms with van der Waals surface area (Å²) in [7, 11) is 0. The standard InChI is InChI=1S/C16H25NO/c1-2-6-16(15-7-4-3-5-8-15)17-11-12-18-13-14-9-10-14/h3-5,7-8,14,16-17H,2,6,9-13H2,1H3. The third kappa shape index (κ3) is 4.79. The zero-order valence-electron chi connectivity index (χ0n) is 11.4. The van der Waals surface area contributed by atoms with E-state index in [-0.39, 0.29) is 0 Å². The molecule has 1 saturated carbocycles. The summed E-state index contributed by atoms with van der Waals surface area (Å²) in [6.07, 6.45) is 5.13. The molecule has 18 heavy (non-hydrogen) atoms. The zero-order valence-corrected chi connectivity index (χ0v) is 11.4. The van der Waals surface area contributed by atoms with Crippen LogP contribution in [0.1, 0.15) is 44.2 Å². The molecule has 1 aromatic carbocycles. The van der Waals surface area contributed by atoms with Gasteiger partial charge in [-0.15, -0.1) is 0 Å². The smallest absolute Gasteiger partial charge is 0.0591 e. The first-order valence-corrected chi connectivity index (χ1v) is 7.26. The Bertz CT molecular complexity index is 321. The van der Waals surface area contributed by atoms with Crippen molar-refractivity contribution in [3.05, 3.63) is 35.9 Å². The van der Waals surface area contributed by atoms with E-state index in [0.29, 0.717) is 6.04 Å². The van der Waals surface area contributed by atoms with Gasteiger partial charge < -0.3 is 10.1 Å². The largest absolute Gasteiger partial charge is 0.380 e. The second-order valence-electron chi connectivity index (χ2n) is 5.22. The lowest BCUT2D eigenvalue weighted by Gasteiger charge is -2.18. The summed E-state index contributed by atoms with van der Waals surface area (Å²) in [5.74, 6) is 0.866. The second kappa shape index (κ2) is 7.55. The number of hydrogen-bond donors (Lipinski definition) is 1. The molecular formula is C16H25NO. The van der Waals surface area contributed by atoms with Crippen LogP contribution >= 0.6 is 0 Å². The van der Waals surface area contributed by atoms with Gasteiger partial charge in [0.1, 0.15) is 0 Å². The maximum atomic E-state index is 5.66. The highest BCUT2D eigenvalue weighted by molar-refractivity contribution is 5.18. The fourth-order valence-corrected chi connectivity index (χ4v) is 2.20. The van der Waals surface area contributed by atoms with Crippen molar-refractivity contribution in [2.75, 3.05) is 19.8 Å². The fourth-order valence-electron chi connectivity index (χ4n) is 2.20. The molecule has 2 heteroatoms. The highest BCUT2D eigenvalue weighted by Gasteiger charge is 2.20. The number of benzene rings is 1. The van der Waals surface area contributed by atoms with E-state index < -0.39 is 0 Å². The Kier molecular flexibility index (Phi) is 5.69. The van der Waals surface area contributed by atoms with Gasteiger partial charge in [-0.25, -0.2) is 0 Å². The SMILES string of the molecule is CCCC(NCCOCC1CC1)c1ccccc1. The van der Waals surface area contributed by atoms with Crippen molar-refractivity contribution in [1.29, 1.82) is 0 Å². The minimum Gasteiger partial charge on any atom is -0.380 e. The van der Waals surface area contributed by atoms with Crippen molar-refractivity contribution in [2.24, 2.45) is 5.92 Å². The summed E-state index contributed by atoms with van der Waals surface area (Å²) in [6, 6.07) is 11.2. The Balaban J connectivity index is 1.68. The van der Waals surface area contributed by atoms with Gasteiger partial charge in [0.2, 0.25) is 0 Å². The topological polar surface area (TPSA) is 21.3 Å². The predicted molar refractivity (Wildman–Crippen MR) is 75.6 cm³/mol. The predicted octanol–water partition coefficient (Wildman–Crippen LogP) is 3.54. The summed E-state index contributed by atoms with van der Waals surface area (Å²) < 4.78 is 5.66. The van der Waals surface area contributed by atoms with Crippen molar-refractivity contribution >= 4 is 0 Å². The van der Waals surface area contributed by atoms with Crippen molar-refractivity contribution in [3.63, 3.8) is 0 Å². The Morgan fingerprint density at radius 1 is 1.28 bits per heavy atom. The zero-order chi connectivity index (χ0) is 12.6. The molecule has 0 amide bonds. The summed E-state index contributed by atoms with van der Waals surface area (Å²) in [5, 5.41) is 3.61. The first kappa shape index (κ1) is 13.6. The molecule has 0 bridgehead atoms. The molecule has 1 aromatic rings. The van der Waals surface area contributed by atoms with E-state index in [4.69, 9.17) is 4.74 Å². The molecule has 2 nitrogen and oxygen atoms in total. The number of hydrogen-bond acceptors (Lipinski definition) is 2. The lowest BCUT2D eigenvalue weighted by molar-refractivity contribution is 0.124. The van der Waals surface area contributed by atoms with Gasteiger partial charge in [-0.2, -0.15) is 0 Å². The molecule has 0 spiro atoms. The van der Waals surface area contributed by atoms with Gasteiger partial charge in [-0.3, -0.25) is 0 Å². The molecule has 0 radical (unpaired) electrons. The van der Waals surface area contributed by atoms with E-state index in [0.717, 1.165) is 25.7 Å². The highest BCUT2D eigenvalue weighted by Crippen LogP contribution is 2.28. The third-order valence-electron chi connectivity index (χ3n) is 3.47. The molecular weight excluding hydrogens is 222 g/mol. The van der Waals surface area contributed by atoms with Gasteiger partial charge in [-0.05, 0) is 30.7 Å². The molecule has 0 aliphatic heterocycles. The molecule has 1 unspecified atom stereocenters. The summed E-state index contributed by atoms with van der Waals surface area (Å²) in [6.45, 7) is 4.99. The normalized spacial score (nSPS) is 16.7. The lowest BCUT2D eigenvalue weighted by atomic mass is 10.0. The van der Waals surface area contributed by atoms with Crippen LogP contribution in [0.25, 0.3) is 0 Å². The van der Waals surface area contributed by atoms with Crippen LogP contribution in [-0.2, 0) is 4.74 Å². The molecule has 1 fully saturated rings. The molecule has 0 aromatic heterocycles. The van der Waals surface area contributed by atoms with Crippen molar-refractivity contribution in [2.45, 2.75) is 38.6 Å². The molecule has 100 valence electrons. The van der Waals surface area contributed by atoms with Crippen LogP contribution in [0.3, 0.4) is 0 Å². The van der Waals surface area contributed by atoms with E-state index in [1.807, 2.05) is 0 Å². The van der Waals surface area contributed by atoms with Gasteiger partial charge in [0.15, 0.2) is 0 Å². The van der Waals surface area contributed by atoms with Gasteiger partial charge in [0.25, 0.3) is 0 Å². The first-order chi connectivity index (χ1) is 8.90. The van der Waals surface area contributed by atoms with Crippen LogP contribution in [-0.4, -0.2) is 19.8 Å². The average molecular weight is 247 g/mol. The molecule has 2 rings (SSSR count). The second-order valence-corrected chi connectivity index (χ2v) is 5.22. The molecule has 1 N–H and O–H groups in total. The average Bonchev–Trinajstić information content (AvgIpc) is 3.22. The molecule has 1 aliphatic rings. The van der Waals surface area contributed by atoms with E-state index >= 15 is 0 Å². The Hall–Kier alpha value is -0.860. The maximum Gasteiger partial charge on any atom is 0.0591 e. The van der Waals surface area contributed by atoms with Crippen molar-refractivity contribution in [1.82, 2.24) is 5.32 Å². The minimum absolute atomic E-state index is 0.473. The fraction of sp³-hybridized carbons (Fsp3) is 0.625. The lowest BCUT2D eigenvalue weighted by Crippen LogP contribution is -2.25. The third-order valence-corrected chi connectivity index (χ3v) is 3.47. The van der Waals surface area contributed by atoms with Gasteiger partial charge in [-0.1, -0.05) is 43.7 Å². The van der Waals surface area contributed by atoms with E-state index in [9.17, 15) is 0 Å². The van der Waals surface area contributed by atoms with Crippen molar-refractivity contribution < 1.29 is 4.74 Å². The Morgan fingerprint density at radius 3 is 2.72 bits per heavy atom. The minimum atomic E-state index is 0.473. The van der Waals surface area contributed by atoms with Crippen LogP contribution in [0.5, 0.6) is 0 Å². The van der Waals surface area contributed by atoms with E-state index in [2.05, 4.69) is 42.6 Å². The number of rotatable bonds is 9. The summed E-state index contributed by atoms with van der Waals surface area (Å²) in [5.41, 5.74) is 1.39. The van der Waals surface area contributed by atoms with E-state index in [1.165, 1.54) is 31.2 Å². The van der Waals surface area contributed by atoms with Crippen LogP contribution < -0.4 is 5.32 Å². The monoisotopic (exact) mass is 247 g/mol. The molecule has 1 atom stereocenters. The molecule has 0 saturated heterocycles. The Labute approximate surface area is 111 Å². The maximum absolute atomic E-state index is 5.66. The van der Waals surface area contributed by atoms with Crippen LogP contribution in [0.15, 0.2) is 30.3 Å². The van der Waals surface area contributed by atoms with E-state index in [1.54, 1.807) is 0 Å². The highest BCUT2D eigenvalue weighted by atomic mass is 16.5. The van der Waals surface area contributed by atoms with Crippen LogP contribution in [0, 0.1) is 5.92 Å². The number of nitrogens with one attached hydrogen (secondary N) is 1. The first-order valence-electron chi connectivity index (χ1n) is 7.26. The van der Waals surface area contributed by atoms with Crippen LogP contribution in [0.4, 0.5) is 0 Å². The number of ether oxygens (including phenoxy) is 1. The van der Waals surface area contributed by atoms with Gasteiger partial charge in [0, 0.05) is 19.2 Å². The van der Waals surface area contributed by atoms with Crippen LogP contribution in [0.2, 0.25) is 0 Å². The molecule has 0 heterocycles. The summed E-state index contributed by atoms with van der Waals surface area (Å²) in [4.78, 5) is 0. The Morgan fingerprint density at radius 2 is 2.06 bits per heavy atom. The molecule has 1 aliphatic carbocycles. The van der Waals surface area contributed by atoms with Crippen molar-refractivity contribution in [3.8, 4) is 0 Å². The van der Waals surface area contributed by atoms with Gasteiger partial charge >= 0.3 is 0 Å².